The number of hydrogen-bond donors (Lipinski definition) is 1. The van der Waals surface area contributed by atoms with Crippen LogP contribution in [0.2, 0.25) is 10.0 Å². The summed E-state index contributed by atoms with van der Waals surface area (Å²) in [5.41, 5.74) is 5.45. The van der Waals surface area contributed by atoms with Gasteiger partial charge in [0.1, 0.15) is 0 Å². The minimum absolute atomic E-state index is 0.137. The van der Waals surface area contributed by atoms with Crippen LogP contribution in [0, 0.1) is 0 Å². The van der Waals surface area contributed by atoms with Crippen molar-refractivity contribution in [3.05, 3.63) is 39.6 Å². The molecular formula is C9H5Cl2N3O2. The van der Waals surface area contributed by atoms with Gasteiger partial charge < -0.3 is 10.3 Å². The molecule has 0 atom stereocenters. The van der Waals surface area contributed by atoms with Gasteiger partial charge in [-0.2, -0.15) is 4.98 Å². The minimum atomic E-state index is -0.470. The maximum absolute atomic E-state index is 11.8. The standard InChI is InChI=1S/C9H5Cl2N3O2/c10-4-1-2-5(6(11)3-4)7(15)8-13-9(12)16-14-8/h1-3H,(H2,12,13,14). The van der Waals surface area contributed by atoms with Gasteiger partial charge in [0.15, 0.2) is 0 Å². The van der Waals surface area contributed by atoms with Crippen LogP contribution in [-0.4, -0.2) is 15.9 Å². The molecule has 1 aromatic carbocycles. The van der Waals surface area contributed by atoms with E-state index in [4.69, 9.17) is 28.9 Å². The number of nitrogens with zero attached hydrogens (tertiary/aromatic N) is 2. The second-order valence-corrected chi connectivity index (χ2v) is 3.75. The van der Waals surface area contributed by atoms with Gasteiger partial charge in [0.05, 0.1) is 5.02 Å². The van der Waals surface area contributed by atoms with Crippen LogP contribution in [0.3, 0.4) is 0 Å². The highest BCUT2D eigenvalue weighted by Gasteiger charge is 2.18. The predicted octanol–water partition coefficient (Wildman–Crippen LogP) is 2.19. The number of carbonyl (C=O) groups is 1. The lowest BCUT2D eigenvalue weighted by molar-refractivity contribution is 0.102. The van der Waals surface area contributed by atoms with Crippen molar-refractivity contribution in [1.29, 1.82) is 0 Å². The summed E-state index contributed by atoms with van der Waals surface area (Å²) in [4.78, 5) is 15.4. The van der Waals surface area contributed by atoms with Crippen LogP contribution in [0.25, 0.3) is 0 Å². The normalized spacial score (nSPS) is 10.4. The first-order chi connectivity index (χ1) is 7.58. The molecule has 2 N–H and O–H groups in total. The van der Waals surface area contributed by atoms with Gasteiger partial charge in [0, 0.05) is 10.6 Å². The number of anilines is 1. The minimum Gasteiger partial charge on any atom is -0.351 e. The largest absolute Gasteiger partial charge is 0.351 e. The van der Waals surface area contributed by atoms with E-state index in [1.165, 1.54) is 12.1 Å². The van der Waals surface area contributed by atoms with E-state index < -0.39 is 5.78 Å². The van der Waals surface area contributed by atoms with Crippen LogP contribution in [0.4, 0.5) is 6.01 Å². The van der Waals surface area contributed by atoms with Crippen LogP contribution < -0.4 is 5.73 Å². The van der Waals surface area contributed by atoms with E-state index >= 15 is 0 Å². The van der Waals surface area contributed by atoms with Gasteiger partial charge in [-0.15, -0.1) is 0 Å². The lowest BCUT2D eigenvalue weighted by Gasteiger charge is -1.99. The number of aromatic nitrogens is 2. The summed E-state index contributed by atoms with van der Waals surface area (Å²) in [5, 5.41) is 4.07. The summed E-state index contributed by atoms with van der Waals surface area (Å²) in [6, 6.07) is 4.32. The Labute approximate surface area is 100 Å². The fraction of sp³-hybridized carbons (Fsp3) is 0. The van der Waals surface area contributed by atoms with Gasteiger partial charge in [0.25, 0.3) is 0 Å². The van der Waals surface area contributed by atoms with E-state index in [0.717, 1.165) is 0 Å². The Morgan fingerprint density at radius 3 is 2.69 bits per heavy atom. The van der Waals surface area contributed by atoms with Crippen molar-refractivity contribution in [3.8, 4) is 0 Å². The van der Waals surface area contributed by atoms with Crippen molar-refractivity contribution in [2.75, 3.05) is 5.73 Å². The van der Waals surface area contributed by atoms with E-state index in [1.54, 1.807) is 6.07 Å². The van der Waals surface area contributed by atoms with Crippen molar-refractivity contribution in [2.24, 2.45) is 0 Å². The number of nitrogens with two attached hydrogens (primary N) is 1. The quantitative estimate of drug-likeness (QED) is 0.835. The number of carbonyl (C=O) groups excluding carboxylic acids is 1. The molecule has 0 aliphatic carbocycles. The van der Waals surface area contributed by atoms with Crippen molar-refractivity contribution in [2.45, 2.75) is 0 Å². The maximum Gasteiger partial charge on any atom is 0.319 e. The highest BCUT2D eigenvalue weighted by Crippen LogP contribution is 2.22. The lowest BCUT2D eigenvalue weighted by Crippen LogP contribution is -2.04. The first kappa shape index (κ1) is 10.9. The van der Waals surface area contributed by atoms with Crippen molar-refractivity contribution < 1.29 is 9.32 Å². The Bertz CT molecular complexity index is 553. The highest BCUT2D eigenvalue weighted by molar-refractivity contribution is 6.37. The SMILES string of the molecule is Nc1nc(C(=O)c2ccc(Cl)cc2Cl)no1. The van der Waals surface area contributed by atoms with E-state index in [-0.39, 0.29) is 22.4 Å². The molecule has 1 aromatic heterocycles. The lowest BCUT2D eigenvalue weighted by atomic mass is 10.1. The molecule has 0 aliphatic rings. The smallest absolute Gasteiger partial charge is 0.319 e. The van der Waals surface area contributed by atoms with Gasteiger partial charge in [-0.3, -0.25) is 4.79 Å². The Balaban J connectivity index is 2.41. The molecule has 16 heavy (non-hydrogen) atoms. The Kier molecular flexibility index (Phi) is 2.80. The zero-order valence-electron chi connectivity index (χ0n) is 7.78. The second kappa shape index (κ2) is 4.11. The first-order valence-corrected chi connectivity index (χ1v) is 4.92. The fourth-order valence-corrected chi connectivity index (χ4v) is 1.62. The zero-order chi connectivity index (χ0) is 11.7. The number of ketones is 1. The van der Waals surface area contributed by atoms with Crippen LogP contribution >= 0.6 is 23.2 Å². The summed E-state index contributed by atoms with van der Waals surface area (Å²) in [6.07, 6.45) is 0. The molecule has 0 radical (unpaired) electrons. The summed E-state index contributed by atoms with van der Waals surface area (Å²) in [7, 11) is 0. The molecule has 0 aliphatic heterocycles. The average Bonchev–Trinajstić information content (AvgIpc) is 2.64. The molecule has 0 saturated carbocycles. The molecule has 5 nitrogen and oxygen atoms in total. The third kappa shape index (κ3) is 2.00. The van der Waals surface area contributed by atoms with Gasteiger partial charge in [-0.1, -0.05) is 28.4 Å². The zero-order valence-corrected chi connectivity index (χ0v) is 9.29. The number of benzene rings is 1. The van der Waals surface area contributed by atoms with Crippen LogP contribution in [0.15, 0.2) is 22.7 Å². The molecule has 0 spiro atoms. The molecule has 0 bridgehead atoms. The summed E-state index contributed by atoms with van der Waals surface area (Å²) in [5.74, 6) is -0.608. The molecule has 0 saturated heterocycles. The number of halogens is 2. The van der Waals surface area contributed by atoms with E-state index in [1.807, 2.05) is 0 Å². The average molecular weight is 258 g/mol. The van der Waals surface area contributed by atoms with Crippen LogP contribution in [0.1, 0.15) is 16.2 Å². The maximum atomic E-state index is 11.8. The topological polar surface area (TPSA) is 82.0 Å². The molecule has 2 rings (SSSR count). The van der Waals surface area contributed by atoms with E-state index in [2.05, 4.69) is 14.7 Å². The molecule has 1 heterocycles. The molecule has 82 valence electrons. The molecular weight excluding hydrogens is 253 g/mol. The highest BCUT2D eigenvalue weighted by atomic mass is 35.5. The third-order valence-corrected chi connectivity index (χ3v) is 2.37. The first-order valence-electron chi connectivity index (χ1n) is 4.17. The molecule has 2 aromatic rings. The number of nitrogen functional groups attached to an aromatic ring is 1. The molecule has 0 fully saturated rings. The summed E-state index contributed by atoms with van der Waals surface area (Å²) < 4.78 is 4.50. The van der Waals surface area contributed by atoms with Crippen molar-refractivity contribution in [3.63, 3.8) is 0 Å². The van der Waals surface area contributed by atoms with Gasteiger partial charge in [-0.05, 0) is 18.2 Å². The second-order valence-electron chi connectivity index (χ2n) is 2.91. The van der Waals surface area contributed by atoms with Gasteiger partial charge in [-0.25, -0.2) is 0 Å². The summed E-state index contributed by atoms with van der Waals surface area (Å²) >= 11 is 11.6. The Morgan fingerprint density at radius 2 is 2.12 bits per heavy atom. The van der Waals surface area contributed by atoms with Gasteiger partial charge >= 0.3 is 6.01 Å². The van der Waals surface area contributed by atoms with E-state index in [9.17, 15) is 4.79 Å². The van der Waals surface area contributed by atoms with E-state index in [0.29, 0.717) is 5.02 Å². The fourth-order valence-electron chi connectivity index (χ4n) is 1.12. The number of hydrogen-bond acceptors (Lipinski definition) is 5. The van der Waals surface area contributed by atoms with Crippen LogP contribution in [-0.2, 0) is 0 Å². The molecule has 0 unspecified atom stereocenters. The Morgan fingerprint density at radius 1 is 1.38 bits per heavy atom. The molecule has 0 amide bonds. The van der Waals surface area contributed by atoms with Crippen molar-refractivity contribution >= 4 is 35.0 Å². The van der Waals surface area contributed by atoms with Crippen molar-refractivity contribution in [1.82, 2.24) is 10.1 Å². The molecule has 7 heteroatoms. The third-order valence-electron chi connectivity index (χ3n) is 1.82. The monoisotopic (exact) mass is 257 g/mol. The number of rotatable bonds is 2. The van der Waals surface area contributed by atoms with Gasteiger partial charge in [0.2, 0.25) is 11.6 Å². The Hall–Kier alpha value is -1.59. The predicted molar refractivity (Wildman–Crippen MR) is 58.6 cm³/mol. The summed E-state index contributed by atoms with van der Waals surface area (Å²) in [6.45, 7) is 0. The van der Waals surface area contributed by atoms with Crippen LogP contribution in [0.5, 0.6) is 0 Å².